The molecule has 5 heteroatoms. The van der Waals surface area contributed by atoms with Crippen LogP contribution in [0, 0.1) is 0 Å². The third-order valence-corrected chi connectivity index (χ3v) is 3.67. The molecule has 1 amide bonds. The molecular weight excluding hydrogens is 276 g/mol. The molecular formula is C15H15ClN2O2. The summed E-state index contributed by atoms with van der Waals surface area (Å²) < 4.78 is 5.18. The van der Waals surface area contributed by atoms with E-state index in [2.05, 4.69) is 10.5 Å². The van der Waals surface area contributed by atoms with E-state index < -0.39 is 0 Å². The predicted octanol–water partition coefficient (Wildman–Crippen LogP) is 3.70. The van der Waals surface area contributed by atoms with E-state index in [9.17, 15) is 4.79 Å². The van der Waals surface area contributed by atoms with Crippen molar-refractivity contribution in [3.8, 4) is 0 Å². The maximum atomic E-state index is 12.1. The third kappa shape index (κ3) is 2.85. The van der Waals surface area contributed by atoms with Gasteiger partial charge in [-0.1, -0.05) is 28.9 Å². The molecule has 0 radical (unpaired) electrons. The van der Waals surface area contributed by atoms with Crippen LogP contribution in [0.2, 0.25) is 5.02 Å². The number of benzene rings is 1. The standard InChI is InChI=1S/C15H15ClN2O2/c1-9(11-3-2-4-12(16)7-11)17-15(19)13-8-14(20-18-13)10-5-6-10/h2-4,7-10H,5-6H2,1H3,(H,17,19). The van der Waals surface area contributed by atoms with Crippen molar-refractivity contribution in [3.63, 3.8) is 0 Å². The Hall–Kier alpha value is -1.81. The zero-order valence-corrected chi connectivity index (χ0v) is 11.9. The Balaban J connectivity index is 1.68. The first-order valence-corrected chi connectivity index (χ1v) is 7.04. The molecule has 4 nitrogen and oxygen atoms in total. The minimum atomic E-state index is -0.229. The van der Waals surface area contributed by atoms with Gasteiger partial charge in [-0.25, -0.2) is 0 Å². The minimum Gasteiger partial charge on any atom is -0.360 e. The molecule has 0 aliphatic heterocycles. The van der Waals surface area contributed by atoms with Crippen molar-refractivity contribution < 1.29 is 9.32 Å². The number of amides is 1. The Morgan fingerprint density at radius 3 is 2.95 bits per heavy atom. The van der Waals surface area contributed by atoms with Gasteiger partial charge in [0.2, 0.25) is 0 Å². The average molecular weight is 291 g/mol. The lowest BCUT2D eigenvalue weighted by Gasteiger charge is -2.13. The molecule has 1 fully saturated rings. The Kier molecular flexibility index (Phi) is 3.49. The van der Waals surface area contributed by atoms with Gasteiger partial charge < -0.3 is 9.84 Å². The van der Waals surface area contributed by atoms with Gasteiger partial charge in [0, 0.05) is 17.0 Å². The maximum absolute atomic E-state index is 12.1. The highest BCUT2D eigenvalue weighted by molar-refractivity contribution is 6.30. The van der Waals surface area contributed by atoms with Crippen molar-refractivity contribution in [3.05, 3.63) is 52.4 Å². The van der Waals surface area contributed by atoms with Gasteiger partial charge in [-0.3, -0.25) is 4.79 Å². The van der Waals surface area contributed by atoms with Gasteiger partial charge in [-0.2, -0.15) is 0 Å². The van der Waals surface area contributed by atoms with Crippen LogP contribution >= 0.6 is 11.6 Å². The molecule has 1 aliphatic rings. The maximum Gasteiger partial charge on any atom is 0.273 e. The van der Waals surface area contributed by atoms with E-state index in [-0.39, 0.29) is 11.9 Å². The quantitative estimate of drug-likeness (QED) is 0.934. The molecule has 1 unspecified atom stereocenters. The second-order valence-corrected chi connectivity index (χ2v) is 5.58. The van der Waals surface area contributed by atoms with Gasteiger partial charge >= 0.3 is 0 Å². The summed E-state index contributed by atoms with van der Waals surface area (Å²) in [7, 11) is 0. The van der Waals surface area contributed by atoms with Crippen molar-refractivity contribution in [1.29, 1.82) is 0 Å². The van der Waals surface area contributed by atoms with E-state index in [0.29, 0.717) is 16.6 Å². The minimum absolute atomic E-state index is 0.137. The highest BCUT2D eigenvalue weighted by Gasteiger charge is 2.29. The van der Waals surface area contributed by atoms with Crippen LogP contribution in [0.5, 0.6) is 0 Å². The topological polar surface area (TPSA) is 55.1 Å². The molecule has 1 aromatic heterocycles. The lowest BCUT2D eigenvalue weighted by atomic mass is 10.1. The molecule has 1 aromatic carbocycles. The zero-order chi connectivity index (χ0) is 14.1. The van der Waals surface area contributed by atoms with Gasteiger partial charge in [-0.15, -0.1) is 0 Å². The largest absolute Gasteiger partial charge is 0.360 e. The lowest BCUT2D eigenvalue weighted by Crippen LogP contribution is -2.26. The fraction of sp³-hybridized carbons (Fsp3) is 0.333. The molecule has 3 rings (SSSR count). The van der Waals surface area contributed by atoms with Gasteiger partial charge in [0.25, 0.3) is 5.91 Å². The average Bonchev–Trinajstić information content (AvgIpc) is 3.16. The molecule has 0 saturated heterocycles. The first-order valence-electron chi connectivity index (χ1n) is 6.66. The number of halogens is 1. The number of hydrogen-bond donors (Lipinski definition) is 1. The number of hydrogen-bond acceptors (Lipinski definition) is 3. The summed E-state index contributed by atoms with van der Waals surface area (Å²) >= 11 is 5.95. The number of carbonyl (C=O) groups is 1. The lowest BCUT2D eigenvalue weighted by molar-refractivity contribution is 0.0930. The van der Waals surface area contributed by atoms with E-state index in [1.165, 1.54) is 0 Å². The van der Waals surface area contributed by atoms with Crippen LogP contribution in [0.1, 0.15) is 53.5 Å². The van der Waals surface area contributed by atoms with E-state index in [1.807, 2.05) is 25.1 Å². The second kappa shape index (κ2) is 5.29. The van der Waals surface area contributed by atoms with Crippen molar-refractivity contribution >= 4 is 17.5 Å². The van der Waals surface area contributed by atoms with E-state index in [4.69, 9.17) is 16.1 Å². The Morgan fingerprint density at radius 2 is 2.25 bits per heavy atom. The van der Waals surface area contributed by atoms with Crippen LogP contribution in [0.4, 0.5) is 0 Å². The summed E-state index contributed by atoms with van der Waals surface area (Å²) in [5.74, 6) is 1.04. The highest BCUT2D eigenvalue weighted by atomic mass is 35.5. The monoisotopic (exact) mass is 290 g/mol. The highest BCUT2D eigenvalue weighted by Crippen LogP contribution is 2.40. The summed E-state index contributed by atoms with van der Waals surface area (Å²) in [6.45, 7) is 1.91. The number of nitrogens with one attached hydrogen (secondary N) is 1. The summed E-state index contributed by atoms with van der Waals surface area (Å²) in [5, 5.41) is 7.37. The normalized spacial score (nSPS) is 15.9. The molecule has 2 aromatic rings. The summed E-state index contributed by atoms with van der Waals surface area (Å²) in [5.41, 5.74) is 1.29. The molecule has 1 heterocycles. The van der Waals surface area contributed by atoms with Crippen LogP contribution in [0.25, 0.3) is 0 Å². The van der Waals surface area contributed by atoms with E-state index >= 15 is 0 Å². The number of nitrogens with zero attached hydrogens (tertiary/aromatic N) is 1. The summed E-state index contributed by atoms with van der Waals surface area (Å²) in [6.07, 6.45) is 2.24. The SMILES string of the molecule is CC(NC(=O)c1cc(C2CC2)on1)c1cccc(Cl)c1. The third-order valence-electron chi connectivity index (χ3n) is 3.44. The van der Waals surface area contributed by atoms with Crippen molar-refractivity contribution in [2.75, 3.05) is 0 Å². The first kappa shape index (κ1) is 13.2. The second-order valence-electron chi connectivity index (χ2n) is 5.14. The van der Waals surface area contributed by atoms with Crippen molar-refractivity contribution in [2.24, 2.45) is 0 Å². The van der Waals surface area contributed by atoms with Crippen LogP contribution in [-0.4, -0.2) is 11.1 Å². The predicted molar refractivity (Wildman–Crippen MR) is 75.8 cm³/mol. The van der Waals surface area contributed by atoms with Gasteiger partial charge in [0.05, 0.1) is 6.04 Å². The van der Waals surface area contributed by atoms with Gasteiger partial charge in [0.1, 0.15) is 5.76 Å². The molecule has 0 spiro atoms. The number of aromatic nitrogens is 1. The van der Waals surface area contributed by atoms with Crippen LogP contribution in [0.3, 0.4) is 0 Å². The van der Waals surface area contributed by atoms with E-state index in [0.717, 1.165) is 24.2 Å². The molecule has 1 N–H and O–H groups in total. The fourth-order valence-corrected chi connectivity index (χ4v) is 2.29. The molecule has 104 valence electrons. The number of carbonyl (C=O) groups excluding carboxylic acids is 1. The van der Waals surface area contributed by atoms with Crippen molar-refractivity contribution in [1.82, 2.24) is 10.5 Å². The summed E-state index contributed by atoms with van der Waals surface area (Å²) in [4.78, 5) is 12.1. The number of rotatable bonds is 4. The van der Waals surface area contributed by atoms with Crippen LogP contribution < -0.4 is 5.32 Å². The Labute approximate surface area is 122 Å². The van der Waals surface area contributed by atoms with E-state index in [1.54, 1.807) is 12.1 Å². The smallest absolute Gasteiger partial charge is 0.273 e. The van der Waals surface area contributed by atoms with Gasteiger partial charge in [0.15, 0.2) is 5.69 Å². The van der Waals surface area contributed by atoms with Gasteiger partial charge in [-0.05, 0) is 37.5 Å². The molecule has 1 atom stereocenters. The first-order chi connectivity index (χ1) is 9.63. The van der Waals surface area contributed by atoms with Crippen LogP contribution in [-0.2, 0) is 0 Å². The zero-order valence-electron chi connectivity index (χ0n) is 11.1. The molecule has 1 saturated carbocycles. The Bertz CT molecular complexity index is 634. The molecule has 20 heavy (non-hydrogen) atoms. The Morgan fingerprint density at radius 1 is 1.45 bits per heavy atom. The van der Waals surface area contributed by atoms with Crippen molar-refractivity contribution in [2.45, 2.75) is 31.7 Å². The summed E-state index contributed by atoms with van der Waals surface area (Å²) in [6, 6.07) is 9.03. The molecule has 1 aliphatic carbocycles. The van der Waals surface area contributed by atoms with Crippen LogP contribution in [0.15, 0.2) is 34.9 Å². The fourth-order valence-electron chi connectivity index (χ4n) is 2.09. The molecule has 0 bridgehead atoms.